The molecule has 18 heavy (non-hydrogen) atoms. The van der Waals surface area contributed by atoms with E-state index in [4.69, 9.17) is 10.5 Å². The van der Waals surface area contributed by atoms with Crippen LogP contribution in [0.3, 0.4) is 0 Å². The van der Waals surface area contributed by atoms with Gasteiger partial charge in [-0.2, -0.15) is 4.37 Å². The summed E-state index contributed by atoms with van der Waals surface area (Å²) in [6.45, 7) is 4.71. The zero-order valence-electron chi connectivity index (χ0n) is 10.7. The van der Waals surface area contributed by atoms with Gasteiger partial charge >= 0.3 is 0 Å². The lowest BCUT2D eigenvalue weighted by Gasteiger charge is -2.09. The highest BCUT2D eigenvalue weighted by Crippen LogP contribution is 2.24. The van der Waals surface area contributed by atoms with Crippen LogP contribution in [0.15, 0.2) is 30.3 Å². The van der Waals surface area contributed by atoms with Gasteiger partial charge < -0.3 is 10.5 Å². The largest absolute Gasteiger partial charge is 0.491 e. The van der Waals surface area contributed by atoms with E-state index in [-0.39, 0.29) is 6.10 Å². The number of aromatic nitrogens is 1. The molecule has 0 amide bonds. The average molecular weight is 262 g/mol. The first-order chi connectivity index (χ1) is 8.69. The van der Waals surface area contributed by atoms with Crippen molar-refractivity contribution in [3.05, 3.63) is 35.2 Å². The molecule has 0 saturated carbocycles. The normalized spacial score (nSPS) is 10.9. The van der Waals surface area contributed by atoms with Crippen molar-refractivity contribution in [2.45, 2.75) is 26.4 Å². The molecule has 0 spiro atoms. The Balaban J connectivity index is 2.12. The standard InChI is InChI=1S/C14H18N2OS/c1-10(2)17-12-5-3-11(4-6-12)14-9-13(7-8-15)18-16-14/h3-6,9-10H,7-8,15H2,1-2H3. The molecular formula is C14H18N2OS. The molecule has 0 unspecified atom stereocenters. The minimum absolute atomic E-state index is 0.200. The van der Waals surface area contributed by atoms with Crippen molar-refractivity contribution in [1.29, 1.82) is 0 Å². The van der Waals surface area contributed by atoms with Crippen LogP contribution in [0.2, 0.25) is 0 Å². The Labute approximate surface area is 112 Å². The predicted octanol–water partition coefficient (Wildman–Crippen LogP) is 3.10. The summed E-state index contributed by atoms with van der Waals surface area (Å²) in [7, 11) is 0. The van der Waals surface area contributed by atoms with Crippen LogP contribution in [-0.4, -0.2) is 17.0 Å². The summed E-state index contributed by atoms with van der Waals surface area (Å²) in [5, 5.41) is 0. The summed E-state index contributed by atoms with van der Waals surface area (Å²) in [5.41, 5.74) is 7.67. The molecule has 96 valence electrons. The second-order valence-electron chi connectivity index (χ2n) is 4.41. The van der Waals surface area contributed by atoms with Crippen molar-refractivity contribution in [3.8, 4) is 17.0 Å². The fraction of sp³-hybridized carbons (Fsp3) is 0.357. The van der Waals surface area contributed by atoms with Crippen molar-refractivity contribution >= 4 is 11.5 Å². The molecule has 1 heterocycles. The fourth-order valence-corrected chi connectivity index (χ4v) is 2.43. The highest BCUT2D eigenvalue weighted by molar-refractivity contribution is 7.06. The number of ether oxygens (including phenoxy) is 1. The van der Waals surface area contributed by atoms with E-state index < -0.39 is 0 Å². The Kier molecular flexibility index (Phi) is 4.33. The maximum absolute atomic E-state index is 5.61. The van der Waals surface area contributed by atoms with Crippen LogP contribution < -0.4 is 10.5 Å². The van der Waals surface area contributed by atoms with E-state index in [1.165, 1.54) is 16.4 Å². The van der Waals surface area contributed by atoms with Gasteiger partial charge in [-0.3, -0.25) is 0 Å². The zero-order valence-corrected chi connectivity index (χ0v) is 11.5. The molecular weight excluding hydrogens is 244 g/mol. The molecule has 2 aromatic rings. The lowest BCUT2D eigenvalue weighted by molar-refractivity contribution is 0.242. The number of hydrogen-bond donors (Lipinski definition) is 1. The summed E-state index contributed by atoms with van der Waals surface area (Å²) in [6.07, 6.45) is 1.10. The third-order valence-electron chi connectivity index (χ3n) is 2.47. The average Bonchev–Trinajstić information content (AvgIpc) is 2.78. The summed E-state index contributed by atoms with van der Waals surface area (Å²) < 4.78 is 10.1. The Morgan fingerprint density at radius 1 is 1.28 bits per heavy atom. The van der Waals surface area contributed by atoms with E-state index in [2.05, 4.69) is 10.4 Å². The van der Waals surface area contributed by atoms with Gasteiger partial charge in [0.05, 0.1) is 11.8 Å². The third kappa shape index (κ3) is 3.31. The third-order valence-corrected chi connectivity index (χ3v) is 3.32. The first-order valence-electron chi connectivity index (χ1n) is 6.12. The van der Waals surface area contributed by atoms with Crippen LogP contribution in [-0.2, 0) is 6.42 Å². The Morgan fingerprint density at radius 2 is 2.00 bits per heavy atom. The summed E-state index contributed by atoms with van der Waals surface area (Å²) in [4.78, 5) is 1.23. The molecule has 0 atom stereocenters. The molecule has 2 N–H and O–H groups in total. The van der Waals surface area contributed by atoms with E-state index in [0.717, 1.165) is 23.4 Å². The lowest BCUT2D eigenvalue weighted by atomic mass is 10.1. The van der Waals surface area contributed by atoms with E-state index in [0.29, 0.717) is 6.54 Å². The monoisotopic (exact) mass is 262 g/mol. The van der Waals surface area contributed by atoms with Crippen LogP contribution in [0.5, 0.6) is 5.75 Å². The number of rotatable bonds is 5. The minimum atomic E-state index is 0.200. The molecule has 0 saturated heterocycles. The number of benzene rings is 1. The van der Waals surface area contributed by atoms with Gasteiger partial charge in [0.25, 0.3) is 0 Å². The topological polar surface area (TPSA) is 48.1 Å². The molecule has 0 aliphatic heterocycles. The Bertz CT molecular complexity index is 491. The van der Waals surface area contributed by atoms with Gasteiger partial charge in [0, 0.05) is 10.4 Å². The van der Waals surface area contributed by atoms with Crippen molar-refractivity contribution in [1.82, 2.24) is 4.37 Å². The van der Waals surface area contributed by atoms with E-state index in [1.807, 2.05) is 38.1 Å². The highest BCUT2D eigenvalue weighted by Gasteiger charge is 2.05. The van der Waals surface area contributed by atoms with Gasteiger partial charge in [0.2, 0.25) is 0 Å². The molecule has 0 bridgehead atoms. The Hall–Kier alpha value is -1.39. The van der Waals surface area contributed by atoms with Gasteiger partial charge in [-0.25, -0.2) is 0 Å². The fourth-order valence-electron chi connectivity index (χ4n) is 1.69. The number of nitrogens with zero attached hydrogens (tertiary/aromatic N) is 1. The van der Waals surface area contributed by atoms with Crippen LogP contribution >= 0.6 is 11.5 Å². The van der Waals surface area contributed by atoms with Gasteiger partial charge in [0.15, 0.2) is 0 Å². The van der Waals surface area contributed by atoms with Crippen LogP contribution in [0.4, 0.5) is 0 Å². The van der Waals surface area contributed by atoms with Crippen LogP contribution in [0.25, 0.3) is 11.3 Å². The molecule has 0 aliphatic rings. The number of hydrogen-bond acceptors (Lipinski definition) is 4. The Morgan fingerprint density at radius 3 is 2.61 bits per heavy atom. The second kappa shape index (κ2) is 5.98. The molecule has 1 aromatic heterocycles. The smallest absolute Gasteiger partial charge is 0.119 e. The van der Waals surface area contributed by atoms with Crippen molar-refractivity contribution in [2.24, 2.45) is 5.73 Å². The molecule has 3 nitrogen and oxygen atoms in total. The van der Waals surface area contributed by atoms with Crippen LogP contribution in [0.1, 0.15) is 18.7 Å². The summed E-state index contributed by atoms with van der Waals surface area (Å²) >= 11 is 1.52. The molecule has 2 rings (SSSR count). The summed E-state index contributed by atoms with van der Waals surface area (Å²) in [5.74, 6) is 0.895. The quantitative estimate of drug-likeness (QED) is 0.900. The molecule has 0 fully saturated rings. The summed E-state index contributed by atoms with van der Waals surface area (Å²) in [6, 6.07) is 10.2. The van der Waals surface area contributed by atoms with Crippen LogP contribution in [0, 0.1) is 0 Å². The molecule has 0 aliphatic carbocycles. The minimum Gasteiger partial charge on any atom is -0.491 e. The maximum atomic E-state index is 5.61. The highest BCUT2D eigenvalue weighted by atomic mass is 32.1. The van der Waals surface area contributed by atoms with Crippen molar-refractivity contribution in [3.63, 3.8) is 0 Å². The maximum Gasteiger partial charge on any atom is 0.119 e. The first kappa shape index (κ1) is 13.1. The molecule has 0 radical (unpaired) electrons. The molecule has 4 heteroatoms. The van der Waals surface area contributed by atoms with Crippen molar-refractivity contribution < 1.29 is 4.74 Å². The van der Waals surface area contributed by atoms with E-state index >= 15 is 0 Å². The second-order valence-corrected chi connectivity index (χ2v) is 5.30. The predicted molar refractivity (Wildman–Crippen MR) is 76.1 cm³/mol. The van der Waals surface area contributed by atoms with Gasteiger partial charge in [0.1, 0.15) is 5.75 Å². The lowest BCUT2D eigenvalue weighted by Crippen LogP contribution is -2.05. The van der Waals surface area contributed by atoms with Crippen molar-refractivity contribution in [2.75, 3.05) is 6.54 Å². The first-order valence-corrected chi connectivity index (χ1v) is 6.89. The van der Waals surface area contributed by atoms with E-state index in [1.54, 1.807) is 0 Å². The molecule has 1 aromatic carbocycles. The SMILES string of the molecule is CC(C)Oc1ccc(-c2cc(CCN)sn2)cc1. The van der Waals surface area contributed by atoms with E-state index in [9.17, 15) is 0 Å². The zero-order chi connectivity index (χ0) is 13.0. The van der Waals surface area contributed by atoms with Gasteiger partial charge in [-0.1, -0.05) is 0 Å². The van der Waals surface area contributed by atoms with Gasteiger partial charge in [-0.05, 0) is 68.7 Å². The number of nitrogens with two attached hydrogens (primary N) is 1. The van der Waals surface area contributed by atoms with Gasteiger partial charge in [-0.15, -0.1) is 0 Å².